The summed E-state index contributed by atoms with van der Waals surface area (Å²) in [6, 6.07) is 9.07. The summed E-state index contributed by atoms with van der Waals surface area (Å²) in [5, 5.41) is 15.0. The van der Waals surface area contributed by atoms with Crippen LogP contribution in [0.4, 0.5) is 10.2 Å². The summed E-state index contributed by atoms with van der Waals surface area (Å²) in [6.07, 6.45) is 4.46. The molecule has 1 fully saturated rings. The quantitative estimate of drug-likeness (QED) is 0.546. The molecule has 1 aromatic carbocycles. The van der Waals surface area contributed by atoms with Crippen LogP contribution in [0.1, 0.15) is 48.6 Å². The number of aromatic nitrogens is 6. The maximum atomic E-state index is 14.6. The van der Waals surface area contributed by atoms with E-state index in [4.69, 9.17) is 4.52 Å². The fourth-order valence-electron chi connectivity index (χ4n) is 3.70. The van der Waals surface area contributed by atoms with E-state index in [1.54, 1.807) is 30.5 Å². The second kappa shape index (κ2) is 6.99. The molecule has 3 atom stereocenters. The van der Waals surface area contributed by atoms with Crippen LogP contribution < -0.4 is 5.32 Å². The molecule has 9 heteroatoms. The van der Waals surface area contributed by atoms with Gasteiger partial charge in [-0.25, -0.2) is 14.4 Å². The Morgan fingerprint density at radius 2 is 2.07 bits per heavy atom. The molecule has 0 aliphatic heterocycles. The molecule has 2 N–H and O–H groups in total. The van der Waals surface area contributed by atoms with Crippen molar-refractivity contribution in [2.75, 3.05) is 5.32 Å². The topological polar surface area (TPSA) is 105 Å². The van der Waals surface area contributed by atoms with Crippen LogP contribution >= 0.6 is 0 Å². The summed E-state index contributed by atoms with van der Waals surface area (Å²) >= 11 is 0. The number of alkyl halides is 1. The standard InChI is InChI=1S/C19H18FN7O/c20-15(11-4-2-1-3-5-11)18-25-19(28-27-18)12-6-7-13(8-12)24-16-14-9-23-26-17(14)22-10-21-16/h1-5,9-10,12-13,15H,6-8H2,(H2,21,22,23,24,26)/t12-,13-,15?/m0/s1. The van der Waals surface area contributed by atoms with Gasteiger partial charge in [-0.1, -0.05) is 35.5 Å². The second-order valence-electron chi connectivity index (χ2n) is 6.97. The van der Waals surface area contributed by atoms with E-state index in [0.29, 0.717) is 17.1 Å². The number of benzene rings is 1. The molecule has 5 rings (SSSR count). The molecular formula is C19H18FN7O. The third-order valence-corrected chi connectivity index (χ3v) is 5.15. The van der Waals surface area contributed by atoms with Crippen molar-refractivity contribution in [3.63, 3.8) is 0 Å². The van der Waals surface area contributed by atoms with Gasteiger partial charge in [0.05, 0.1) is 11.6 Å². The smallest absolute Gasteiger partial charge is 0.229 e. The van der Waals surface area contributed by atoms with Gasteiger partial charge in [-0.05, 0) is 24.8 Å². The molecule has 0 amide bonds. The molecule has 3 heterocycles. The monoisotopic (exact) mass is 379 g/mol. The first-order chi connectivity index (χ1) is 13.8. The predicted molar refractivity (Wildman–Crippen MR) is 99.4 cm³/mol. The van der Waals surface area contributed by atoms with Gasteiger partial charge in [-0.15, -0.1) is 0 Å². The molecular weight excluding hydrogens is 361 g/mol. The van der Waals surface area contributed by atoms with Crippen molar-refractivity contribution < 1.29 is 8.91 Å². The average molecular weight is 379 g/mol. The van der Waals surface area contributed by atoms with Crippen molar-refractivity contribution in [3.8, 4) is 0 Å². The maximum Gasteiger partial charge on any atom is 0.229 e. The molecule has 8 nitrogen and oxygen atoms in total. The zero-order valence-corrected chi connectivity index (χ0v) is 14.9. The van der Waals surface area contributed by atoms with Gasteiger partial charge in [0.25, 0.3) is 0 Å². The van der Waals surface area contributed by atoms with E-state index >= 15 is 0 Å². The summed E-state index contributed by atoms with van der Waals surface area (Å²) in [4.78, 5) is 12.8. The number of aromatic amines is 1. The van der Waals surface area contributed by atoms with E-state index < -0.39 is 6.17 Å². The second-order valence-corrected chi connectivity index (χ2v) is 6.97. The Morgan fingerprint density at radius 1 is 1.18 bits per heavy atom. The fourth-order valence-corrected chi connectivity index (χ4v) is 3.70. The van der Waals surface area contributed by atoms with Crippen molar-refractivity contribution >= 4 is 16.9 Å². The van der Waals surface area contributed by atoms with Crippen LogP contribution in [0.3, 0.4) is 0 Å². The van der Waals surface area contributed by atoms with Gasteiger partial charge in [0, 0.05) is 12.0 Å². The van der Waals surface area contributed by atoms with Gasteiger partial charge >= 0.3 is 0 Å². The molecule has 1 saturated carbocycles. The molecule has 0 radical (unpaired) electrons. The van der Waals surface area contributed by atoms with Crippen molar-refractivity contribution in [1.29, 1.82) is 0 Å². The Morgan fingerprint density at radius 3 is 2.96 bits per heavy atom. The zero-order valence-electron chi connectivity index (χ0n) is 14.9. The lowest BCUT2D eigenvalue weighted by Crippen LogP contribution is -2.16. The van der Waals surface area contributed by atoms with Crippen LogP contribution in [0, 0.1) is 0 Å². The van der Waals surface area contributed by atoms with Crippen molar-refractivity contribution in [3.05, 3.63) is 60.1 Å². The Labute approximate surface area is 159 Å². The Balaban J connectivity index is 1.28. The van der Waals surface area contributed by atoms with E-state index in [1.807, 2.05) is 6.07 Å². The summed E-state index contributed by atoms with van der Waals surface area (Å²) in [5.41, 5.74) is 1.22. The highest BCUT2D eigenvalue weighted by Gasteiger charge is 2.31. The van der Waals surface area contributed by atoms with Crippen LogP contribution in [0.15, 0.2) is 47.4 Å². The van der Waals surface area contributed by atoms with Crippen molar-refractivity contribution in [2.24, 2.45) is 0 Å². The molecule has 1 aliphatic carbocycles. The van der Waals surface area contributed by atoms with Gasteiger partial charge in [-0.3, -0.25) is 5.10 Å². The number of H-pyrrole nitrogens is 1. The molecule has 0 saturated heterocycles. The minimum Gasteiger partial charge on any atom is -0.367 e. The Hall–Kier alpha value is -3.36. The Bertz CT molecular complexity index is 1080. The van der Waals surface area contributed by atoms with E-state index in [0.717, 1.165) is 30.5 Å². The SMILES string of the molecule is FC(c1ccccc1)c1noc([C@H]2CC[C@H](Nc3ncnc4[nH]ncc34)C2)n1. The zero-order chi connectivity index (χ0) is 18.9. The van der Waals surface area contributed by atoms with E-state index in [1.165, 1.54) is 6.33 Å². The van der Waals surface area contributed by atoms with Gasteiger partial charge in [0.1, 0.15) is 12.1 Å². The lowest BCUT2D eigenvalue weighted by Gasteiger charge is -2.13. The molecule has 3 aromatic heterocycles. The molecule has 142 valence electrons. The molecule has 0 spiro atoms. The van der Waals surface area contributed by atoms with Gasteiger partial charge in [0.15, 0.2) is 11.8 Å². The predicted octanol–water partition coefficient (Wildman–Crippen LogP) is 3.54. The summed E-state index contributed by atoms with van der Waals surface area (Å²) in [7, 11) is 0. The minimum absolute atomic E-state index is 0.0773. The van der Waals surface area contributed by atoms with Crippen LogP contribution in [-0.2, 0) is 0 Å². The maximum absolute atomic E-state index is 14.6. The highest BCUT2D eigenvalue weighted by Crippen LogP contribution is 2.36. The lowest BCUT2D eigenvalue weighted by molar-refractivity contribution is 0.329. The number of anilines is 1. The average Bonchev–Trinajstić information content (AvgIpc) is 3.48. The number of nitrogens with one attached hydrogen (secondary N) is 2. The number of halogens is 1. The van der Waals surface area contributed by atoms with Crippen molar-refractivity contribution in [2.45, 2.75) is 37.4 Å². The first kappa shape index (κ1) is 16.8. The fraction of sp³-hybridized carbons (Fsp3) is 0.316. The Kier molecular flexibility index (Phi) is 4.19. The number of fused-ring (bicyclic) bond motifs is 1. The third kappa shape index (κ3) is 3.08. The lowest BCUT2D eigenvalue weighted by atomic mass is 10.1. The van der Waals surface area contributed by atoms with Crippen molar-refractivity contribution in [1.82, 2.24) is 30.3 Å². The van der Waals surface area contributed by atoms with Gasteiger partial charge < -0.3 is 9.84 Å². The van der Waals surface area contributed by atoms with Crippen LogP contribution in [-0.4, -0.2) is 36.3 Å². The van der Waals surface area contributed by atoms with Crippen LogP contribution in [0.25, 0.3) is 11.0 Å². The largest absolute Gasteiger partial charge is 0.367 e. The molecule has 4 aromatic rings. The number of hydrogen-bond donors (Lipinski definition) is 2. The highest BCUT2D eigenvalue weighted by atomic mass is 19.1. The van der Waals surface area contributed by atoms with Crippen LogP contribution in [0.5, 0.6) is 0 Å². The van der Waals surface area contributed by atoms with E-state index in [-0.39, 0.29) is 17.8 Å². The van der Waals surface area contributed by atoms with E-state index in [2.05, 4.69) is 35.6 Å². The number of nitrogens with zero attached hydrogens (tertiary/aromatic N) is 5. The van der Waals surface area contributed by atoms with Crippen LogP contribution in [0.2, 0.25) is 0 Å². The first-order valence-corrected chi connectivity index (χ1v) is 9.21. The molecule has 1 unspecified atom stereocenters. The summed E-state index contributed by atoms with van der Waals surface area (Å²) < 4.78 is 20.0. The van der Waals surface area contributed by atoms with E-state index in [9.17, 15) is 4.39 Å². The number of rotatable bonds is 5. The third-order valence-electron chi connectivity index (χ3n) is 5.15. The molecule has 1 aliphatic rings. The normalized spacial score (nSPS) is 20.5. The highest BCUT2D eigenvalue weighted by molar-refractivity contribution is 5.85. The minimum atomic E-state index is -1.38. The molecule has 0 bridgehead atoms. The molecule has 28 heavy (non-hydrogen) atoms. The van der Waals surface area contributed by atoms with Gasteiger partial charge in [0.2, 0.25) is 11.7 Å². The number of hydrogen-bond acceptors (Lipinski definition) is 7. The van der Waals surface area contributed by atoms with Gasteiger partial charge in [-0.2, -0.15) is 10.1 Å². The summed E-state index contributed by atoms with van der Waals surface area (Å²) in [5.74, 6) is 1.43. The summed E-state index contributed by atoms with van der Waals surface area (Å²) in [6.45, 7) is 0. The first-order valence-electron chi connectivity index (χ1n) is 9.21.